The number of ether oxygens (including phenoxy) is 1. The molecule has 2 aromatic rings. The van der Waals surface area contributed by atoms with Crippen LogP contribution in [-0.4, -0.2) is 32.4 Å². The molecule has 0 spiro atoms. The van der Waals surface area contributed by atoms with E-state index < -0.39 is 0 Å². The molecule has 3 rings (SSSR count). The fourth-order valence-electron chi connectivity index (χ4n) is 2.65. The third kappa shape index (κ3) is 3.26. The minimum absolute atomic E-state index is 0.153. The zero-order valence-electron chi connectivity index (χ0n) is 14.6. The standard InChI is InChI=1S/C16H23ClN6O/c1-9-6-7-24-14-12(10(2)23(22-14)16(3,4)5)20-15-18-8-11(17)13(19-9)21-15/h8-9H,6-7H2,1-5H3,(H2,18,19,20,21). The normalized spacial score (nSPS) is 17.8. The first kappa shape index (κ1) is 16.8. The monoisotopic (exact) mass is 350 g/mol. The highest BCUT2D eigenvalue weighted by Gasteiger charge is 2.25. The topological polar surface area (TPSA) is 76.9 Å². The van der Waals surface area contributed by atoms with E-state index in [0.29, 0.717) is 29.3 Å². The second-order valence-corrected chi connectivity index (χ2v) is 7.45. The Morgan fingerprint density at radius 1 is 1.38 bits per heavy atom. The molecule has 0 fully saturated rings. The van der Waals surface area contributed by atoms with Crippen LogP contribution in [0.2, 0.25) is 5.02 Å². The largest absolute Gasteiger partial charge is 0.475 e. The Morgan fingerprint density at radius 2 is 2.12 bits per heavy atom. The zero-order chi connectivity index (χ0) is 17.5. The molecule has 130 valence electrons. The molecule has 0 saturated carbocycles. The number of nitrogens with zero attached hydrogens (tertiary/aromatic N) is 4. The van der Waals surface area contributed by atoms with E-state index in [1.807, 2.05) is 11.6 Å². The highest BCUT2D eigenvalue weighted by Crippen LogP contribution is 2.34. The summed E-state index contributed by atoms with van der Waals surface area (Å²) in [7, 11) is 0. The van der Waals surface area contributed by atoms with Crippen LogP contribution in [0.15, 0.2) is 6.20 Å². The molecule has 1 aliphatic rings. The van der Waals surface area contributed by atoms with Crippen LogP contribution < -0.4 is 15.4 Å². The summed E-state index contributed by atoms with van der Waals surface area (Å²) in [5.41, 5.74) is 1.60. The van der Waals surface area contributed by atoms with Crippen LogP contribution in [0.25, 0.3) is 0 Å². The number of anilines is 3. The van der Waals surface area contributed by atoms with E-state index in [1.54, 1.807) is 6.20 Å². The zero-order valence-corrected chi connectivity index (χ0v) is 15.4. The predicted octanol–water partition coefficient (Wildman–Crippen LogP) is 3.72. The SMILES string of the molecule is Cc1c2c(nn1C(C)(C)C)OCCC(C)Nc1nc(ncc1Cl)N2. The molecule has 1 aliphatic heterocycles. The summed E-state index contributed by atoms with van der Waals surface area (Å²) >= 11 is 6.19. The van der Waals surface area contributed by atoms with Crippen LogP contribution in [0.4, 0.5) is 17.5 Å². The lowest BCUT2D eigenvalue weighted by Gasteiger charge is -2.21. The van der Waals surface area contributed by atoms with Crippen LogP contribution >= 0.6 is 11.6 Å². The second kappa shape index (κ2) is 6.12. The van der Waals surface area contributed by atoms with Gasteiger partial charge in [-0.2, -0.15) is 4.98 Å². The first-order chi connectivity index (χ1) is 11.3. The van der Waals surface area contributed by atoms with Crippen LogP contribution in [-0.2, 0) is 5.54 Å². The summed E-state index contributed by atoms with van der Waals surface area (Å²) in [5, 5.41) is 11.7. The van der Waals surface area contributed by atoms with Crippen molar-refractivity contribution in [1.82, 2.24) is 19.7 Å². The summed E-state index contributed by atoms with van der Waals surface area (Å²) in [6.07, 6.45) is 2.39. The van der Waals surface area contributed by atoms with Gasteiger partial charge in [-0.3, -0.25) is 4.68 Å². The molecule has 0 amide bonds. The molecule has 0 radical (unpaired) electrons. The van der Waals surface area contributed by atoms with Crippen LogP contribution in [0.1, 0.15) is 39.8 Å². The lowest BCUT2D eigenvalue weighted by molar-refractivity contribution is 0.276. The highest BCUT2D eigenvalue weighted by atomic mass is 35.5. The van der Waals surface area contributed by atoms with Crippen LogP contribution in [0.5, 0.6) is 5.88 Å². The number of halogens is 1. The van der Waals surface area contributed by atoms with Crippen molar-refractivity contribution in [2.24, 2.45) is 0 Å². The Kier molecular flexibility index (Phi) is 4.29. The van der Waals surface area contributed by atoms with Crippen molar-refractivity contribution in [2.75, 3.05) is 17.2 Å². The van der Waals surface area contributed by atoms with Gasteiger partial charge in [-0.05, 0) is 34.6 Å². The fraction of sp³-hybridized carbons (Fsp3) is 0.562. The average molecular weight is 351 g/mol. The number of rotatable bonds is 0. The van der Waals surface area contributed by atoms with Gasteiger partial charge in [0.2, 0.25) is 5.95 Å². The molecule has 0 saturated heterocycles. The summed E-state index contributed by atoms with van der Waals surface area (Å²) < 4.78 is 7.88. The lowest BCUT2D eigenvalue weighted by Crippen LogP contribution is -2.24. The van der Waals surface area contributed by atoms with E-state index in [-0.39, 0.29) is 11.6 Å². The maximum atomic E-state index is 6.19. The molecule has 3 heterocycles. The number of aromatic nitrogens is 4. The molecule has 1 unspecified atom stereocenters. The average Bonchev–Trinajstić information content (AvgIpc) is 2.78. The molecule has 0 aromatic carbocycles. The predicted molar refractivity (Wildman–Crippen MR) is 95.5 cm³/mol. The highest BCUT2D eigenvalue weighted by molar-refractivity contribution is 6.32. The van der Waals surface area contributed by atoms with Crippen molar-refractivity contribution in [2.45, 2.75) is 52.6 Å². The van der Waals surface area contributed by atoms with Crippen molar-refractivity contribution in [3.63, 3.8) is 0 Å². The summed E-state index contributed by atoms with van der Waals surface area (Å²) in [6.45, 7) is 10.9. The minimum Gasteiger partial charge on any atom is -0.475 e. The maximum absolute atomic E-state index is 6.19. The Balaban J connectivity index is 2.08. The second-order valence-electron chi connectivity index (χ2n) is 7.05. The number of hydrogen-bond donors (Lipinski definition) is 2. The van der Waals surface area contributed by atoms with E-state index in [0.717, 1.165) is 17.8 Å². The van der Waals surface area contributed by atoms with Gasteiger partial charge in [-0.15, -0.1) is 5.10 Å². The molecular weight excluding hydrogens is 328 g/mol. The quantitative estimate of drug-likeness (QED) is 0.754. The maximum Gasteiger partial charge on any atom is 0.257 e. The van der Waals surface area contributed by atoms with Gasteiger partial charge in [0.05, 0.1) is 24.0 Å². The molecular formula is C16H23ClN6O. The number of hydrogen-bond acceptors (Lipinski definition) is 6. The van der Waals surface area contributed by atoms with E-state index in [2.05, 4.69) is 53.4 Å². The Bertz CT molecular complexity index is 752. The van der Waals surface area contributed by atoms with Gasteiger partial charge in [-0.1, -0.05) is 11.6 Å². The van der Waals surface area contributed by atoms with Crippen molar-refractivity contribution in [3.8, 4) is 5.88 Å². The van der Waals surface area contributed by atoms with Gasteiger partial charge in [-0.25, -0.2) is 4.98 Å². The van der Waals surface area contributed by atoms with Gasteiger partial charge < -0.3 is 15.4 Å². The first-order valence-electron chi connectivity index (χ1n) is 8.04. The Hall–Kier alpha value is -2.02. The van der Waals surface area contributed by atoms with Crippen molar-refractivity contribution >= 4 is 29.1 Å². The van der Waals surface area contributed by atoms with Crippen LogP contribution in [0.3, 0.4) is 0 Å². The third-order valence-corrected chi connectivity index (χ3v) is 4.15. The van der Waals surface area contributed by atoms with Gasteiger partial charge in [0.1, 0.15) is 10.7 Å². The first-order valence-corrected chi connectivity index (χ1v) is 8.42. The third-order valence-electron chi connectivity index (χ3n) is 3.87. The van der Waals surface area contributed by atoms with Crippen molar-refractivity contribution < 1.29 is 4.74 Å². The molecule has 2 aromatic heterocycles. The van der Waals surface area contributed by atoms with Gasteiger partial charge in [0, 0.05) is 12.5 Å². The molecule has 7 nitrogen and oxygen atoms in total. The van der Waals surface area contributed by atoms with Crippen LogP contribution in [0, 0.1) is 6.92 Å². The smallest absolute Gasteiger partial charge is 0.257 e. The molecule has 8 heteroatoms. The van der Waals surface area contributed by atoms with E-state index in [4.69, 9.17) is 16.3 Å². The summed E-state index contributed by atoms with van der Waals surface area (Å²) in [6, 6.07) is 0.164. The van der Waals surface area contributed by atoms with E-state index in [9.17, 15) is 0 Å². The molecule has 1 atom stereocenters. The lowest BCUT2D eigenvalue weighted by atomic mass is 10.1. The molecule has 2 N–H and O–H groups in total. The van der Waals surface area contributed by atoms with Gasteiger partial charge in [0.15, 0.2) is 5.82 Å². The Labute approximate surface area is 146 Å². The fourth-order valence-corrected chi connectivity index (χ4v) is 2.80. The van der Waals surface area contributed by atoms with Crippen molar-refractivity contribution in [1.29, 1.82) is 0 Å². The van der Waals surface area contributed by atoms with E-state index in [1.165, 1.54) is 0 Å². The summed E-state index contributed by atoms with van der Waals surface area (Å²) in [4.78, 5) is 8.74. The molecule has 24 heavy (non-hydrogen) atoms. The number of fused-ring (bicyclic) bond motifs is 3. The minimum atomic E-state index is -0.153. The van der Waals surface area contributed by atoms with Gasteiger partial charge >= 0.3 is 0 Å². The van der Waals surface area contributed by atoms with Crippen molar-refractivity contribution in [3.05, 3.63) is 16.9 Å². The van der Waals surface area contributed by atoms with Gasteiger partial charge in [0.25, 0.3) is 5.88 Å². The Morgan fingerprint density at radius 3 is 2.83 bits per heavy atom. The number of nitrogens with one attached hydrogen (secondary N) is 2. The molecule has 2 bridgehead atoms. The molecule has 0 aliphatic carbocycles. The summed E-state index contributed by atoms with van der Waals surface area (Å²) in [5.74, 6) is 1.64. The van der Waals surface area contributed by atoms with E-state index >= 15 is 0 Å².